The molecule has 0 amide bonds. The van der Waals surface area contributed by atoms with Crippen LogP contribution in [0.3, 0.4) is 0 Å². The smallest absolute Gasteiger partial charge is 0.168 e. The summed E-state index contributed by atoms with van der Waals surface area (Å²) in [6, 6.07) is 11.6. The van der Waals surface area contributed by atoms with E-state index in [1.165, 1.54) is 0 Å². The second-order valence-electron chi connectivity index (χ2n) is 3.68. The number of nitrogens with zero attached hydrogens (tertiary/aromatic N) is 2. The van der Waals surface area contributed by atoms with Crippen LogP contribution in [-0.2, 0) is 27.9 Å². The molecule has 0 N–H and O–H groups in total. The van der Waals surface area contributed by atoms with E-state index in [1.54, 1.807) is 16.9 Å². The predicted molar refractivity (Wildman–Crippen MR) is 70.6 cm³/mol. The molecule has 1 unspecified atom stereocenters. The van der Waals surface area contributed by atoms with Gasteiger partial charge < -0.3 is 4.74 Å². The Morgan fingerprint density at radius 2 is 2.06 bits per heavy atom. The highest BCUT2D eigenvalue weighted by Crippen LogP contribution is 2.06. The van der Waals surface area contributed by atoms with Crippen molar-refractivity contribution in [3.8, 4) is 0 Å². The molecule has 1 atom stereocenters. The zero-order valence-corrected chi connectivity index (χ0v) is 11.2. The molecule has 0 saturated carbocycles. The second-order valence-corrected chi connectivity index (χ2v) is 5.38. The summed E-state index contributed by atoms with van der Waals surface area (Å²) in [4.78, 5) is 0. The minimum Gasteiger partial charge on any atom is -0.375 e. The van der Waals surface area contributed by atoms with Gasteiger partial charge in [-0.25, -0.2) is 4.21 Å². The van der Waals surface area contributed by atoms with Crippen LogP contribution in [0.2, 0.25) is 0 Å². The second kappa shape index (κ2) is 6.68. The molecular weight excluding hydrogens is 272 g/mol. The van der Waals surface area contributed by atoms with E-state index in [0.29, 0.717) is 24.8 Å². The first-order valence-electron chi connectivity index (χ1n) is 5.49. The summed E-state index contributed by atoms with van der Waals surface area (Å²) in [5.74, 6) is 0. The normalized spacial score (nSPS) is 12.5. The van der Waals surface area contributed by atoms with E-state index in [1.807, 2.05) is 30.3 Å². The van der Waals surface area contributed by atoms with E-state index >= 15 is 0 Å². The van der Waals surface area contributed by atoms with Crippen molar-refractivity contribution in [3.63, 3.8) is 0 Å². The van der Waals surface area contributed by atoms with Gasteiger partial charge in [-0.05, 0) is 22.3 Å². The van der Waals surface area contributed by atoms with Crippen molar-refractivity contribution in [2.45, 2.75) is 18.2 Å². The lowest BCUT2D eigenvalue weighted by molar-refractivity contribution is 0.110. The van der Waals surface area contributed by atoms with Crippen LogP contribution in [0.5, 0.6) is 0 Å². The highest BCUT2D eigenvalue weighted by atomic mass is 35.7. The quantitative estimate of drug-likeness (QED) is 0.604. The minimum absolute atomic E-state index is 0.375. The standard InChI is InChI=1S/C12H13ClN2O2S/c13-18(16)12-6-7-15(14-12)8-9-17-10-11-4-2-1-3-5-11/h1-7H,8-10H2. The summed E-state index contributed by atoms with van der Waals surface area (Å²) in [5.41, 5.74) is 1.14. The fourth-order valence-corrected chi connectivity index (χ4v) is 2.06. The number of benzene rings is 1. The van der Waals surface area contributed by atoms with Gasteiger partial charge in [0.25, 0.3) is 0 Å². The number of ether oxygens (including phenoxy) is 1. The first-order chi connectivity index (χ1) is 8.75. The molecule has 1 aromatic carbocycles. The van der Waals surface area contributed by atoms with Crippen LogP contribution in [-0.4, -0.2) is 20.6 Å². The van der Waals surface area contributed by atoms with Gasteiger partial charge in [0.2, 0.25) is 0 Å². The predicted octanol–water partition coefficient (Wildman–Crippen LogP) is 2.36. The maximum Gasteiger partial charge on any atom is 0.168 e. The van der Waals surface area contributed by atoms with Crippen molar-refractivity contribution in [1.29, 1.82) is 0 Å². The van der Waals surface area contributed by atoms with E-state index in [0.717, 1.165) is 5.56 Å². The average molecular weight is 285 g/mol. The lowest BCUT2D eigenvalue weighted by atomic mass is 10.2. The number of aromatic nitrogens is 2. The van der Waals surface area contributed by atoms with Crippen molar-refractivity contribution in [1.82, 2.24) is 9.78 Å². The Bertz CT molecular complexity index is 516. The fraction of sp³-hybridized carbons (Fsp3) is 0.250. The highest BCUT2D eigenvalue weighted by molar-refractivity contribution is 8.08. The Hall–Kier alpha value is -1.17. The van der Waals surface area contributed by atoms with Crippen LogP contribution >= 0.6 is 10.7 Å². The van der Waals surface area contributed by atoms with Crippen LogP contribution in [0.1, 0.15) is 5.56 Å². The zero-order valence-electron chi connectivity index (χ0n) is 9.66. The van der Waals surface area contributed by atoms with Crippen LogP contribution in [0.15, 0.2) is 47.6 Å². The zero-order chi connectivity index (χ0) is 12.8. The topological polar surface area (TPSA) is 44.1 Å². The van der Waals surface area contributed by atoms with E-state index in [9.17, 15) is 4.21 Å². The molecule has 18 heavy (non-hydrogen) atoms. The van der Waals surface area contributed by atoms with Gasteiger partial charge in [-0.3, -0.25) is 4.68 Å². The number of hydrogen-bond acceptors (Lipinski definition) is 3. The molecule has 4 nitrogen and oxygen atoms in total. The molecule has 2 rings (SSSR count). The van der Waals surface area contributed by atoms with Gasteiger partial charge in [0.05, 0.1) is 19.8 Å². The third kappa shape index (κ3) is 3.94. The SMILES string of the molecule is O=S(Cl)c1ccn(CCOCc2ccccc2)n1. The monoisotopic (exact) mass is 284 g/mol. The molecular formula is C12H13ClN2O2S. The lowest BCUT2D eigenvalue weighted by Crippen LogP contribution is -2.06. The van der Waals surface area contributed by atoms with Crippen molar-refractivity contribution in [2.75, 3.05) is 6.61 Å². The van der Waals surface area contributed by atoms with E-state index in [4.69, 9.17) is 15.4 Å². The van der Waals surface area contributed by atoms with Gasteiger partial charge in [-0.1, -0.05) is 30.3 Å². The fourth-order valence-electron chi connectivity index (χ4n) is 1.48. The van der Waals surface area contributed by atoms with E-state index in [-0.39, 0.29) is 0 Å². The average Bonchev–Trinajstić information content (AvgIpc) is 2.85. The van der Waals surface area contributed by atoms with Gasteiger partial charge in [0, 0.05) is 6.20 Å². The number of halogens is 1. The molecule has 6 heteroatoms. The van der Waals surface area contributed by atoms with Gasteiger partial charge in [-0.15, -0.1) is 0 Å². The maximum absolute atomic E-state index is 10.9. The largest absolute Gasteiger partial charge is 0.375 e. The van der Waals surface area contributed by atoms with Crippen LogP contribution < -0.4 is 0 Å². The molecule has 0 fully saturated rings. The molecule has 0 bridgehead atoms. The molecule has 0 aliphatic carbocycles. The van der Waals surface area contributed by atoms with E-state index < -0.39 is 10.0 Å². The third-order valence-corrected chi connectivity index (χ3v) is 3.38. The Labute approximate surface area is 112 Å². The molecule has 0 spiro atoms. The van der Waals surface area contributed by atoms with Crippen LogP contribution in [0, 0.1) is 0 Å². The molecule has 96 valence electrons. The molecule has 0 aliphatic heterocycles. The van der Waals surface area contributed by atoms with Crippen molar-refractivity contribution in [2.24, 2.45) is 0 Å². The summed E-state index contributed by atoms with van der Waals surface area (Å²) in [6.45, 7) is 1.74. The van der Waals surface area contributed by atoms with Gasteiger partial charge in [0.15, 0.2) is 15.0 Å². The van der Waals surface area contributed by atoms with E-state index in [2.05, 4.69) is 5.10 Å². The van der Waals surface area contributed by atoms with Gasteiger partial charge in [0.1, 0.15) is 0 Å². The lowest BCUT2D eigenvalue weighted by Gasteiger charge is -2.04. The Balaban J connectivity index is 1.73. The Morgan fingerprint density at radius 3 is 2.72 bits per heavy atom. The highest BCUT2D eigenvalue weighted by Gasteiger charge is 2.03. The van der Waals surface area contributed by atoms with Crippen molar-refractivity contribution in [3.05, 3.63) is 48.2 Å². The third-order valence-electron chi connectivity index (χ3n) is 2.36. The summed E-state index contributed by atoms with van der Waals surface area (Å²) < 4.78 is 18.1. The Morgan fingerprint density at radius 1 is 1.28 bits per heavy atom. The van der Waals surface area contributed by atoms with Crippen molar-refractivity contribution < 1.29 is 8.95 Å². The summed E-state index contributed by atoms with van der Waals surface area (Å²) in [5, 5.41) is 4.43. The number of rotatable bonds is 6. The maximum atomic E-state index is 10.9. The summed E-state index contributed by atoms with van der Waals surface area (Å²) >= 11 is 0. The molecule has 1 heterocycles. The molecule has 1 aromatic heterocycles. The van der Waals surface area contributed by atoms with Crippen LogP contribution in [0.4, 0.5) is 0 Å². The van der Waals surface area contributed by atoms with Gasteiger partial charge >= 0.3 is 0 Å². The van der Waals surface area contributed by atoms with Crippen LogP contribution in [0.25, 0.3) is 0 Å². The molecule has 2 aromatic rings. The first-order valence-corrected chi connectivity index (χ1v) is 7.46. The number of hydrogen-bond donors (Lipinski definition) is 0. The molecule has 0 saturated heterocycles. The summed E-state index contributed by atoms with van der Waals surface area (Å²) in [7, 11) is 3.88. The summed E-state index contributed by atoms with van der Waals surface area (Å²) in [6.07, 6.45) is 1.74. The Kier molecular flexibility index (Phi) is 4.92. The van der Waals surface area contributed by atoms with Crippen molar-refractivity contribution >= 4 is 20.7 Å². The molecule has 0 aliphatic rings. The minimum atomic E-state index is -1.55. The van der Waals surface area contributed by atoms with Gasteiger partial charge in [-0.2, -0.15) is 5.10 Å². The first kappa shape index (κ1) is 13.3. The molecule has 0 radical (unpaired) electrons.